The number of ether oxygens (including phenoxy) is 2. The van der Waals surface area contributed by atoms with E-state index in [0.717, 1.165) is 31.3 Å². The topological polar surface area (TPSA) is 42.1 Å². The van der Waals surface area contributed by atoms with Gasteiger partial charge in [-0.3, -0.25) is 4.79 Å². The van der Waals surface area contributed by atoms with Crippen LogP contribution in [-0.2, 0) is 14.3 Å². The summed E-state index contributed by atoms with van der Waals surface area (Å²) in [4.78, 5) is 14.3. The van der Waals surface area contributed by atoms with Crippen LogP contribution in [0.15, 0.2) is 59.2 Å². The number of nitrogens with zero attached hydrogens (tertiary/aromatic N) is 1. The smallest absolute Gasteiger partial charge is 0.156 e. The maximum atomic E-state index is 12.2. The van der Waals surface area contributed by atoms with Crippen LogP contribution in [0.1, 0.15) is 57.1 Å². The lowest BCUT2D eigenvalue weighted by Gasteiger charge is -2.38. The van der Waals surface area contributed by atoms with E-state index in [1.807, 2.05) is 6.08 Å². The summed E-state index contributed by atoms with van der Waals surface area (Å²) in [5.41, 5.74) is 7.20. The highest BCUT2D eigenvalue weighted by molar-refractivity contribution is 5.93. The number of carbonyl (C=O) groups excluding carboxylic acids is 1. The molecule has 4 heteroatoms. The van der Waals surface area contributed by atoms with Crippen LogP contribution in [0, 0.1) is 11.8 Å². The van der Waals surface area contributed by atoms with E-state index in [-0.39, 0.29) is 23.1 Å². The van der Waals surface area contributed by atoms with Gasteiger partial charge in [-0.25, -0.2) is 0 Å². The van der Waals surface area contributed by atoms with Gasteiger partial charge in [-0.15, -0.1) is 0 Å². The molecule has 0 amide bonds. The summed E-state index contributed by atoms with van der Waals surface area (Å²) in [5, 5.41) is 0. The molecule has 32 heavy (non-hydrogen) atoms. The number of epoxide rings is 1. The van der Waals surface area contributed by atoms with Crippen molar-refractivity contribution >= 4 is 11.5 Å². The molecule has 1 aromatic carbocycles. The molecule has 0 bridgehead atoms. The largest absolute Gasteiger partial charge is 0.378 e. The van der Waals surface area contributed by atoms with Crippen molar-refractivity contribution in [1.29, 1.82) is 0 Å². The molecule has 5 aliphatic rings. The molecule has 3 aliphatic carbocycles. The fraction of sp³-hybridized carbons (Fsp3) is 0.536. The lowest BCUT2D eigenvalue weighted by Crippen LogP contribution is -2.35. The lowest BCUT2D eigenvalue weighted by molar-refractivity contribution is -0.114. The first kappa shape index (κ1) is 20.4. The predicted octanol–water partition coefficient (Wildman–Crippen LogP) is 5.31. The zero-order valence-corrected chi connectivity index (χ0v) is 19.4. The van der Waals surface area contributed by atoms with Gasteiger partial charge >= 0.3 is 0 Å². The van der Waals surface area contributed by atoms with Gasteiger partial charge in [-0.05, 0) is 91.0 Å². The quantitative estimate of drug-likeness (QED) is 0.480. The molecule has 1 aromatic rings. The molecule has 0 radical (unpaired) electrons. The van der Waals surface area contributed by atoms with Crippen LogP contribution in [0.2, 0.25) is 0 Å². The number of hydrogen-bond donors (Lipinski definition) is 0. The third-order valence-electron chi connectivity index (χ3n) is 8.86. The van der Waals surface area contributed by atoms with Crippen molar-refractivity contribution in [2.45, 2.75) is 62.8 Å². The summed E-state index contributed by atoms with van der Waals surface area (Å²) in [6.45, 7) is 7.04. The molecule has 0 aromatic heterocycles. The van der Waals surface area contributed by atoms with E-state index in [1.165, 1.54) is 34.4 Å². The van der Waals surface area contributed by atoms with Gasteiger partial charge in [0, 0.05) is 32.1 Å². The van der Waals surface area contributed by atoms with Crippen LogP contribution < -0.4 is 4.90 Å². The number of fused-ring (bicyclic) bond motifs is 3. The van der Waals surface area contributed by atoms with E-state index in [1.54, 1.807) is 0 Å². The molecule has 2 aliphatic heterocycles. The van der Waals surface area contributed by atoms with Crippen LogP contribution in [0.25, 0.3) is 0 Å². The molecule has 168 valence electrons. The summed E-state index contributed by atoms with van der Waals surface area (Å²) >= 11 is 0. The van der Waals surface area contributed by atoms with E-state index in [0.29, 0.717) is 24.9 Å². The van der Waals surface area contributed by atoms with Crippen molar-refractivity contribution in [3.8, 4) is 0 Å². The SMILES string of the molecule is C=C(C)[C@]12CCC3C4CCC5=CC(=O)CCC5=C4[C@@H](c4ccc(N(C)C)cc4)OC[C@@]31O2. The van der Waals surface area contributed by atoms with Gasteiger partial charge in [0.2, 0.25) is 0 Å². The van der Waals surface area contributed by atoms with Crippen molar-refractivity contribution in [2.24, 2.45) is 11.8 Å². The molecule has 6 rings (SSSR count). The van der Waals surface area contributed by atoms with Crippen molar-refractivity contribution in [1.82, 2.24) is 0 Å². The first-order chi connectivity index (χ1) is 15.4. The van der Waals surface area contributed by atoms with Gasteiger partial charge in [0.05, 0.1) is 6.61 Å². The first-order valence-corrected chi connectivity index (χ1v) is 12.1. The average Bonchev–Trinajstić information content (AvgIpc) is 3.38. The normalized spacial score (nSPS) is 37.5. The molecule has 2 saturated heterocycles. The Labute approximate surface area is 191 Å². The van der Waals surface area contributed by atoms with E-state index in [9.17, 15) is 4.79 Å². The Kier molecular flexibility index (Phi) is 4.42. The van der Waals surface area contributed by atoms with Crippen molar-refractivity contribution < 1.29 is 14.3 Å². The summed E-state index contributed by atoms with van der Waals surface area (Å²) in [7, 11) is 4.13. The Morgan fingerprint density at radius 1 is 1.12 bits per heavy atom. The minimum Gasteiger partial charge on any atom is -0.378 e. The zero-order chi connectivity index (χ0) is 22.3. The second kappa shape index (κ2) is 6.91. The van der Waals surface area contributed by atoms with Crippen LogP contribution >= 0.6 is 0 Å². The number of rotatable bonds is 3. The Balaban J connectivity index is 1.48. The fourth-order valence-electron chi connectivity index (χ4n) is 7.25. The highest BCUT2D eigenvalue weighted by atomic mass is 16.7. The van der Waals surface area contributed by atoms with Gasteiger partial charge in [-0.1, -0.05) is 18.7 Å². The first-order valence-electron chi connectivity index (χ1n) is 12.1. The van der Waals surface area contributed by atoms with Gasteiger partial charge in [0.15, 0.2) is 5.78 Å². The average molecular weight is 432 g/mol. The summed E-state index contributed by atoms with van der Waals surface area (Å²) in [6, 6.07) is 8.79. The Bertz CT molecular complexity index is 1060. The third-order valence-corrected chi connectivity index (χ3v) is 8.86. The predicted molar refractivity (Wildman–Crippen MR) is 126 cm³/mol. The Morgan fingerprint density at radius 2 is 1.91 bits per heavy atom. The maximum absolute atomic E-state index is 12.2. The van der Waals surface area contributed by atoms with Crippen LogP contribution in [0.4, 0.5) is 5.69 Å². The summed E-state index contributed by atoms with van der Waals surface area (Å²) in [6.07, 6.45) is 7.59. The maximum Gasteiger partial charge on any atom is 0.156 e. The van der Waals surface area contributed by atoms with Crippen molar-refractivity contribution in [2.75, 3.05) is 25.6 Å². The second-order valence-corrected chi connectivity index (χ2v) is 10.6. The van der Waals surface area contributed by atoms with E-state index in [2.05, 4.69) is 56.8 Å². The molecular formula is C28H33NO3. The Morgan fingerprint density at radius 3 is 2.59 bits per heavy atom. The molecule has 1 saturated carbocycles. The Hall–Kier alpha value is -2.17. The second-order valence-electron chi connectivity index (χ2n) is 10.6. The molecule has 2 unspecified atom stereocenters. The third kappa shape index (κ3) is 2.66. The summed E-state index contributed by atoms with van der Waals surface area (Å²) in [5.74, 6) is 1.18. The summed E-state index contributed by atoms with van der Waals surface area (Å²) < 4.78 is 13.4. The number of allylic oxidation sites excluding steroid dienone is 3. The fourth-order valence-corrected chi connectivity index (χ4v) is 7.25. The highest BCUT2D eigenvalue weighted by Gasteiger charge is 2.79. The number of anilines is 1. The number of ketones is 1. The molecule has 2 heterocycles. The van der Waals surface area contributed by atoms with Crippen LogP contribution in [-0.4, -0.2) is 37.7 Å². The van der Waals surface area contributed by atoms with E-state index >= 15 is 0 Å². The number of carbonyl (C=O) groups is 1. The molecular weight excluding hydrogens is 398 g/mol. The van der Waals surface area contributed by atoms with Crippen LogP contribution in [0.3, 0.4) is 0 Å². The van der Waals surface area contributed by atoms with Crippen molar-refractivity contribution in [3.63, 3.8) is 0 Å². The van der Waals surface area contributed by atoms with Gasteiger partial charge < -0.3 is 14.4 Å². The molecule has 3 fully saturated rings. The van der Waals surface area contributed by atoms with Gasteiger partial charge in [0.25, 0.3) is 0 Å². The van der Waals surface area contributed by atoms with Crippen LogP contribution in [0.5, 0.6) is 0 Å². The minimum absolute atomic E-state index is 0.0740. The molecule has 5 atom stereocenters. The number of benzene rings is 1. The number of hydrogen-bond acceptors (Lipinski definition) is 4. The molecule has 1 spiro atoms. The lowest BCUT2D eigenvalue weighted by atomic mass is 9.66. The highest BCUT2D eigenvalue weighted by Crippen LogP contribution is 2.70. The molecule has 4 nitrogen and oxygen atoms in total. The molecule has 0 N–H and O–H groups in total. The minimum atomic E-state index is -0.223. The van der Waals surface area contributed by atoms with E-state index in [4.69, 9.17) is 9.47 Å². The van der Waals surface area contributed by atoms with E-state index < -0.39 is 0 Å². The van der Waals surface area contributed by atoms with Gasteiger partial charge in [-0.2, -0.15) is 0 Å². The zero-order valence-electron chi connectivity index (χ0n) is 19.4. The monoisotopic (exact) mass is 431 g/mol. The standard InChI is InChI=1S/C28H33NO3/c1-17(2)27-14-13-24-23-11-7-19-15-21(30)10-12-22(19)25(23)26(31-16-28(24,27)32-27)18-5-8-20(9-6-18)29(3)4/h5-6,8-9,15,23-24,26H,1,7,10-14,16H2,2-4H3/t23?,24?,26-,27-,28-/m1/s1. The van der Waals surface area contributed by atoms with Crippen molar-refractivity contribution in [3.05, 3.63) is 64.8 Å². The van der Waals surface area contributed by atoms with Gasteiger partial charge in [0.1, 0.15) is 17.3 Å².